The molecule has 1 N–H and O–H groups in total. The largest absolute Gasteiger partial charge is 0.497 e. The van der Waals surface area contributed by atoms with Crippen molar-refractivity contribution >= 4 is 17.2 Å². The Morgan fingerprint density at radius 1 is 1.16 bits per heavy atom. The van der Waals surface area contributed by atoms with Crippen molar-refractivity contribution in [1.82, 2.24) is 10.3 Å². The van der Waals surface area contributed by atoms with Crippen LogP contribution in [0.5, 0.6) is 5.75 Å². The second-order valence-electron chi connectivity index (χ2n) is 5.78. The summed E-state index contributed by atoms with van der Waals surface area (Å²) in [5.41, 5.74) is 3.19. The van der Waals surface area contributed by atoms with E-state index in [2.05, 4.69) is 10.3 Å². The van der Waals surface area contributed by atoms with Gasteiger partial charge in [0.2, 0.25) is 0 Å². The summed E-state index contributed by atoms with van der Waals surface area (Å²) in [5, 5.41) is 3.05. The lowest BCUT2D eigenvalue weighted by molar-refractivity contribution is 0.0944. The van der Waals surface area contributed by atoms with Crippen molar-refractivity contribution in [3.05, 3.63) is 70.2 Å². The van der Waals surface area contributed by atoms with Crippen LogP contribution in [-0.4, -0.2) is 18.0 Å². The molecule has 1 atom stereocenters. The molecular weight excluding hydrogens is 332 g/mol. The molecule has 0 aliphatic rings. The Kier molecular flexibility index (Phi) is 5.14. The first kappa shape index (κ1) is 17.2. The van der Waals surface area contributed by atoms with Crippen LogP contribution in [-0.2, 0) is 0 Å². The van der Waals surface area contributed by atoms with Crippen molar-refractivity contribution in [2.24, 2.45) is 0 Å². The number of amides is 1. The summed E-state index contributed by atoms with van der Waals surface area (Å²) in [5.74, 6) is 0.762. The lowest BCUT2D eigenvalue weighted by atomic mass is 10.1. The Morgan fingerprint density at radius 3 is 2.48 bits per heavy atom. The van der Waals surface area contributed by atoms with Crippen LogP contribution in [0.15, 0.2) is 54.9 Å². The Bertz CT molecular complexity index is 857. The second kappa shape index (κ2) is 7.49. The van der Waals surface area contributed by atoms with Crippen LogP contribution in [0, 0.1) is 6.92 Å². The van der Waals surface area contributed by atoms with E-state index in [0.29, 0.717) is 4.88 Å². The Hall–Kier alpha value is -2.66. The molecule has 0 bridgehead atoms. The van der Waals surface area contributed by atoms with Crippen LogP contribution in [0.2, 0.25) is 0 Å². The first-order chi connectivity index (χ1) is 12.1. The van der Waals surface area contributed by atoms with Crippen LogP contribution >= 0.6 is 11.3 Å². The molecule has 25 heavy (non-hydrogen) atoms. The van der Waals surface area contributed by atoms with Crippen LogP contribution < -0.4 is 10.1 Å². The normalized spacial score (nSPS) is 11.8. The van der Waals surface area contributed by atoms with Gasteiger partial charge in [-0.05, 0) is 60.9 Å². The summed E-state index contributed by atoms with van der Waals surface area (Å²) in [6, 6.07) is 13.6. The number of thiophene rings is 1. The fourth-order valence-electron chi connectivity index (χ4n) is 2.65. The highest BCUT2D eigenvalue weighted by Gasteiger charge is 2.16. The number of methoxy groups -OCH3 is 1. The zero-order chi connectivity index (χ0) is 17.8. The average molecular weight is 352 g/mol. The molecule has 3 rings (SSSR count). The quantitative estimate of drug-likeness (QED) is 0.729. The van der Waals surface area contributed by atoms with Crippen molar-refractivity contribution in [2.75, 3.05) is 7.11 Å². The molecule has 0 saturated carbocycles. The van der Waals surface area contributed by atoms with Crippen LogP contribution in [0.1, 0.15) is 33.1 Å². The van der Waals surface area contributed by atoms with Crippen LogP contribution in [0.3, 0.4) is 0 Å². The van der Waals surface area contributed by atoms with Crippen LogP contribution in [0.4, 0.5) is 0 Å². The first-order valence-electron chi connectivity index (χ1n) is 8.04. The monoisotopic (exact) mass is 352 g/mol. The van der Waals surface area contributed by atoms with Gasteiger partial charge in [0.1, 0.15) is 5.75 Å². The number of carbonyl (C=O) groups excluding carboxylic acids is 1. The van der Waals surface area contributed by atoms with Crippen molar-refractivity contribution in [3.63, 3.8) is 0 Å². The molecule has 0 fully saturated rings. The highest BCUT2D eigenvalue weighted by molar-refractivity contribution is 7.14. The minimum Gasteiger partial charge on any atom is -0.497 e. The van der Waals surface area contributed by atoms with E-state index in [1.54, 1.807) is 19.5 Å². The lowest BCUT2D eigenvalue weighted by Crippen LogP contribution is -2.25. The molecule has 4 nitrogen and oxygen atoms in total. The molecule has 0 spiro atoms. The summed E-state index contributed by atoms with van der Waals surface area (Å²) in [7, 11) is 1.65. The molecule has 0 radical (unpaired) electrons. The van der Waals surface area contributed by atoms with E-state index in [-0.39, 0.29) is 11.9 Å². The molecule has 2 heterocycles. The van der Waals surface area contributed by atoms with Gasteiger partial charge in [-0.2, -0.15) is 0 Å². The van der Waals surface area contributed by atoms with E-state index >= 15 is 0 Å². The van der Waals surface area contributed by atoms with Gasteiger partial charge in [-0.3, -0.25) is 9.78 Å². The number of carbonyl (C=O) groups is 1. The van der Waals surface area contributed by atoms with Crippen molar-refractivity contribution in [1.29, 1.82) is 0 Å². The van der Waals surface area contributed by atoms with Crippen LogP contribution in [0.25, 0.3) is 11.1 Å². The number of ether oxygens (including phenoxy) is 1. The summed E-state index contributed by atoms with van der Waals surface area (Å²) < 4.78 is 5.20. The molecule has 5 heteroatoms. The van der Waals surface area contributed by atoms with Crippen molar-refractivity contribution < 1.29 is 9.53 Å². The summed E-state index contributed by atoms with van der Waals surface area (Å²) in [4.78, 5) is 18.4. The van der Waals surface area contributed by atoms with Gasteiger partial charge >= 0.3 is 0 Å². The van der Waals surface area contributed by atoms with Gasteiger partial charge in [-0.25, -0.2) is 0 Å². The third-order valence-electron chi connectivity index (χ3n) is 4.10. The van der Waals surface area contributed by atoms with Crippen molar-refractivity contribution in [3.8, 4) is 16.9 Å². The minimum atomic E-state index is -0.0673. The number of aromatic nitrogens is 1. The van der Waals surface area contributed by atoms with E-state index in [9.17, 15) is 4.79 Å². The van der Waals surface area contributed by atoms with Gasteiger partial charge in [0, 0.05) is 17.3 Å². The lowest BCUT2D eigenvalue weighted by Gasteiger charge is -2.13. The number of rotatable bonds is 5. The average Bonchev–Trinajstić information content (AvgIpc) is 3.04. The predicted molar refractivity (Wildman–Crippen MR) is 101 cm³/mol. The molecule has 0 aliphatic heterocycles. The molecule has 1 unspecified atom stereocenters. The first-order valence-corrected chi connectivity index (χ1v) is 8.86. The van der Waals surface area contributed by atoms with E-state index in [1.807, 2.05) is 56.3 Å². The molecule has 1 aromatic carbocycles. The maximum Gasteiger partial charge on any atom is 0.261 e. The minimum absolute atomic E-state index is 0.0582. The van der Waals surface area contributed by atoms with Gasteiger partial charge in [0.15, 0.2) is 0 Å². The SMILES string of the molecule is COc1ccc(-c2cc(C(=O)NC(C)c3ccncc3)sc2C)cc1. The maximum absolute atomic E-state index is 12.6. The highest BCUT2D eigenvalue weighted by atomic mass is 32.1. The van der Waals surface area contributed by atoms with Gasteiger partial charge in [-0.15, -0.1) is 11.3 Å². The Morgan fingerprint density at radius 2 is 1.84 bits per heavy atom. The molecule has 128 valence electrons. The third-order valence-corrected chi connectivity index (χ3v) is 5.15. The molecule has 1 amide bonds. The molecular formula is C20H20N2O2S. The molecule has 0 aliphatic carbocycles. The summed E-state index contributed by atoms with van der Waals surface area (Å²) in [6.45, 7) is 4.01. The molecule has 3 aromatic rings. The number of benzene rings is 1. The van der Waals surface area contributed by atoms with Crippen molar-refractivity contribution in [2.45, 2.75) is 19.9 Å². The van der Waals surface area contributed by atoms with Gasteiger partial charge in [0.05, 0.1) is 18.0 Å². The number of hydrogen-bond acceptors (Lipinski definition) is 4. The number of aryl methyl sites for hydroxylation is 1. The number of hydrogen-bond donors (Lipinski definition) is 1. The molecule has 2 aromatic heterocycles. The number of nitrogens with zero attached hydrogens (tertiary/aromatic N) is 1. The smallest absolute Gasteiger partial charge is 0.261 e. The van der Waals surface area contributed by atoms with E-state index in [4.69, 9.17) is 4.74 Å². The fourth-order valence-corrected chi connectivity index (χ4v) is 3.60. The number of pyridine rings is 1. The van der Waals surface area contributed by atoms with Gasteiger partial charge < -0.3 is 10.1 Å². The number of nitrogens with one attached hydrogen (secondary N) is 1. The predicted octanol–water partition coefficient (Wildman–Crippen LogP) is 4.62. The van der Waals surface area contributed by atoms with Gasteiger partial charge in [0.25, 0.3) is 5.91 Å². The Balaban J connectivity index is 1.78. The maximum atomic E-state index is 12.6. The summed E-state index contributed by atoms with van der Waals surface area (Å²) in [6.07, 6.45) is 3.46. The Labute approximate surface area is 151 Å². The van der Waals surface area contributed by atoms with E-state index in [0.717, 1.165) is 27.3 Å². The van der Waals surface area contributed by atoms with E-state index in [1.165, 1.54) is 11.3 Å². The third kappa shape index (κ3) is 3.88. The van der Waals surface area contributed by atoms with E-state index < -0.39 is 0 Å². The highest BCUT2D eigenvalue weighted by Crippen LogP contribution is 2.32. The molecule has 0 saturated heterocycles. The zero-order valence-electron chi connectivity index (χ0n) is 14.4. The van der Waals surface area contributed by atoms with Gasteiger partial charge in [-0.1, -0.05) is 12.1 Å². The second-order valence-corrected chi connectivity index (χ2v) is 7.04. The zero-order valence-corrected chi connectivity index (χ0v) is 15.3. The topological polar surface area (TPSA) is 51.2 Å². The summed E-state index contributed by atoms with van der Waals surface area (Å²) >= 11 is 1.51. The standard InChI is InChI=1S/C20H20N2O2S/c1-13(15-8-10-21-11-9-15)22-20(23)19-12-18(14(2)25-19)16-4-6-17(24-3)7-5-16/h4-13H,1-3H3,(H,22,23). The fraction of sp³-hybridized carbons (Fsp3) is 0.200.